The molecule has 1 fully saturated rings. The summed E-state index contributed by atoms with van der Waals surface area (Å²) >= 11 is 1.88. The molecular weight excluding hydrogens is 374 g/mol. The first-order valence-corrected chi connectivity index (χ1v) is 10.0. The lowest BCUT2D eigenvalue weighted by molar-refractivity contribution is -0.134. The second-order valence-electron chi connectivity index (χ2n) is 6.37. The minimum Gasteiger partial charge on any atom is -0.478 e. The van der Waals surface area contributed by atoms with Crippen molar-refractivity contribution in [2.24, 2.45) is 0 Å². The van der Waals surface area contributed by atoms with Crippen LogP contribution in [0.3, 0.4) is 0 Å². The van der Waals surface area contributed by atoms with Crippen LogP contribution < -0.4 is 0 Å². The molecule has 0 aliphatic carbocycles. The average Bonchev–Trinajstić information content (AvgIpc) is 2.70. The highest BCUT2D eigenvalue weighted by Crippen LogP contribution is 2.31. The molecule has 2 N–H and O–H groups in total. The van der Waals surface area contributed by atoms with Gasteiger partial charge in [0, 0.05) is 28.5 Å². The lowest BCUT2D eigenvalue weighted by atomic mass is 10.1. The predicted molar refractivity (Wildman–Crippen MR) is 111 cm³/mol. The Labute approximate surface area is 169 Å². The largest absolute Gasteiger partial charge is 0.478 e. The lowest BCUT2D eigenvalue weighted by Crippen LogP contribution is -2.29. The van der Waals surface area contributed by atoms with E-state index in [1.165, 1.54) is 47.7 Å². The Morgan fingerprint density at radius 3 is 2.04 bits per heavy atom. The number of aliphatic carboxylic acids is 2. The van der Waals surface area contributed by atoms with Crippen LogP contribution in [0.4, 0.5) is 0 Å². The highest BCUT2D eigenvalue weighted by atomic mass is 32.2. The zero-order valence-electron chi connectivity index (χ0n) is 15.7. The molecule has 3 rings (SSSR count). The molecule has 0 atom stereocenters. The van der Waals surface area contributed by atoms with Crippen molar-refractivity contribution in [3.8, 4) is 0 Å². The molecule has 1 aliphatic heterocycles. The fraction of sp³-hybridized carbons (Fsp3) is 0.273. The first-order chi connectivity index (χ1) is 13.5. The molecule has 0 unspecified atom stereocenters. The molecule has 28 heavy (non-hydrogen) atoms. The fourth-order valence-electron chi connectivity index (χ4n) is 2.85. The number of hydrogen-bond acceptors (Lipinski definition) is 4. The highest BCUT2D eigenvalue weighted by molar-refractivity contribution is 7.99. The van der Waals surface area contributed by atoms with Gasteiger partial charge in [-0.15, -0.1) is 0 Å². The zero-order valence-corrected chi connectivity index (χ0v) is 16.5. The fourth-order valence-corrected chi connectivity index (χ4v) is 3.81. The maximum Gasteiger partial charge on any atom is 0.328 e. The zero-order chi connectivity index (χ0) is 20.2. The van der Waals surface area contributed by atoms with Gasteiger partial charge in [0.1, 0.15) is 0 Å². The van der Waals surface area contributed by atoms with E-state index in [1.807, 2.05) is 11.8 Å². The third kappa shape index (κ3) is 8.41. The van der Waals surface area contributed by atoms with Crippen LogP contribution in [-0.2, 0) is 16.1 Å². The smallest absolute Gasteiger partial charge is 0.328 e. The van der Waals surface area contributed by atoms with Gasteiger partial charge in [-0.1, -0.05) is 54.6 Å². The van der Waals surface area contributed by atoms with Crippen LogP contribution in [0, 0.1) is 0 Å². The summed E-state index contributed by atoms with van der Waals surface area (Å²) in [4.78, 5) is 24.4. The molecule has 0 amide bonds. The van der Waals surface area contributed by atoms with Crippen LogP contribution in [-0.4, -0.2) is 40.1 Å². The Hall–Kier alpha value is -2.57. The van der Waals surface area contributed by atoms with Gasteiger partial charge in [-0.25, -0.2) is 9.59 Å². The van der Waals surface area contributed by atoms with Gasteiger partial charge in [0.15, 0.2) is 0 Å². The normalized spacial score (nSPS) is 14.3. The molecular formula is C22H25NO4S. The van der Waals surface area contributed by atoms with Gasteiger partial charge < -0.3 is 10.2 Å². The maximum absolute atomic E-state index is 9.55. The monoisotopic (exact) mass is 399 g/mol. The Morgan fingerprint density at radius 1 is 0.857 bits per heavy atom. The van der Waals surface area contributed by atoms with Gasteiger partial charge in [0.2, 0.25) is 0 Å². The Kier molecular flexibility index (Phi) is 9.31. The molecule has 0 spiro atoms. The number of nitrogens with zero attached hydrogens (tertiary/aromatic N) is 1. The van der Waals surface area contributed by atoms with Crippen molar-refractivity contribution in [1.82, 2.24) is 4.90 Å². The second-order valence-corrected chi connectivity index (χ2v) is 7.48. The topological polar surface area (TPSA) is 77.8 Å². The minimum atomic E-state index is -1.26. The second kappa shape index (κ2) is 12.0. The molecule has 0 aromatic heterocycles. The van der Waals surface area contributed by atoms with Gasteiger partial charge in [0.05, 0.1) is 0 Å². The lowest BCUT2D eigenvalue weighted by Gasteiger charge is -2.27. The molecule has 1 saturated heterocycles. The van der Waals surface area contributed by atoms with Crippen molar-refractivity contribution in [3.05, 3.63) is 72.3 Å². The number of carboxylic acid groups (broad SMARTS) is 2. The van der Waals surface area contributed by atoms with Gasteiger partial charge in [-0.2, -0.15) is 0 Å². The van der Waals surface area contributed by atoms with Crippen LogP contribution in [0.2, 0.25) is 0 Å². The van der Waals surface area contributed by atoms with E-state index in [2.05, 4.69) is 59.5 Å². The maximum atomic E-state index is 9.55. The molecule has 2 aromatic carbocycles. The van der Waals surface area contributed by atoms with E-state index in [1.54, 1.807) is 0 Å². The predicted octanol–water partition coefficient (Wildman–Crippen LogP) is 4.54. The summed E-state index contributed by atoms with van der Waals surface area (Å²) in [6.07, 6.45) is 5.23. The number of piperidine rings is 1. The van der Waals surface area contributed by atoms with Crippen LogP contribution in [0.1, 0.15) is 24.8 Å². The first kappa shape index (κ1) is 21.7. The molecule has 1 aliphatic rings. The van der Waals surface area contributed by atoms with Crippen LogP contribution in [0.5, 0.6) is 0 Å². The summed E-state index contributed by atoms with van der Waals surface area (Å²) in [7, 11) is 0. The van der Waals surface area contributed by atoms with Crippen molar-refractivity contribution in [2.45, 2.75) is 35.6 Å². The number of benzene rings is 2. The van der Waals surface area contributed by atoms with Crippen molar-refractivity contribution in [3.63, 3.8) is 0 Å². The van der Waals surface area contributed by atoms with E-state index < -0.39 is 11.9 Å². The summed E-state index contributed by atoms with van der Waals surface area (Å²) in [6.45, 7) is 3.60. The Morgan fingerprint density at radius 2 is 1.43 bits per heavy atom. The Bertz CT molecular complexity index is 770. The summed E-state index contributed by atoms with van der Waals surface area (Å²) in [5.74, 6) is -2.51. The van der Waals surface area contributed by atoms with E-state index in [0.717, 1.165) is 6.54 Å². The van der Waals surface area contributed by atoms with Gasteiger partial charge in [-0.05, 0) is 49.7 Å². The standard InChI is InChI=1S/C18H21NS.C4H4O4/c1-3-10-17(11-4-1)20-18-12-6-5-9-16(18)15-19-13-7-2-8-14-19;5-3(6)1-2-4(7)8/h1,3-6,9-12H,2,7-8,13-15H2;1-2H,(H,5,6)(H,7,8)/b;2-1-. The number of carboxylic acids is 2. The molecule has 0 bridgehead atoms. The highest BCUT2D eigenvalue weighted by Gasteiger charge is 2.12. The Balaban J connectivity index is 0.000000300. The number of carbonyl (C=O) groups is 2. The van der Waals surface area contributed by atoms with E-state index >= 15 is 0 Å². The van der Waals surface area contributed by atoms with Crippen molar-refractivity contribution in [1.29, 1.82) is 0 Å². The van der Waals surface area contributed by atoms with E-state index in [4.69, 9.17) is 10.2 Å². The quantitative estimate of drug-likeness (QED) is 0.695. The van der Waals surface area contributed by atoms with E-state index in [9.17, 15) is 9.59 Å². The van der Waals surface area contributed by atoms with Gasteiger partial charge >= 0.3 is 11.9 Å². The molecule has 6 heteroatoms. The molecule has 0 saturated carbocycles. The molecule has 148 valence electrons. The summed E-state index contributed by atoms with van der Waals surface area (Å²) in [5.41, 5.74) is 1.46. The third-order valence-corrected chi connectivity index (χ3v) is 5.28. The average molecular weight is 400 g/mol. The SMILES string of the molecule is O=C(O)/C=C\C(=O)O.c1ccc(Sc2ccccc2CN2CCCCC2)cc1. The van der Waals surface area contributed by atoms with Crippen molar-refractivity contribution in [2.75, 3.05) is 13.1 Å². The van der Waals surface area contributed by atoms with Crippen LogP contribution >= 0.6 is 11.8 Å². The number of hydrogen-bond donors (Lipinski definition) is 2. The van der Waals surface area contributed by atoms with Crippen molar-refractivity contribution < 1.29 is 19.8 Å². The molecule has 1 heterocycles. The molecule has 0 radical (unpaired) electrons. The van der Waals surface area contributed by atoms with Gasteiger partial charge in [-0.3, -0.25) is 4.90 Å². The van der Waals surface area contributed by atoms with Crippen LogP contribution in [0.15, 0.2) is 76.5 Å². The summed E-state index contributed by atoms with van der Waals surface area (Å²) < 4.78 is 0. The number of likely N-dealkylation sites (tertiary alicyclic amines) is 1. The minimum absolute atomic E-state index is 0.558. The summed E-state index contributed by atoms with van der Waals surface area (Å²) in [6, 6.07) is 19.5. The first-order valence-electron chi connectivity index (χ1n) is 9.21. The molecule has 2 aromatic rings. The van der Waals surface area contributed by atoms with Crippen LogP contribution in [0.25, 0.3) is 0 Å². The van der Waals surface area contributed by atoms with Gasteiger partial charge in [0.25, 0.3) is 0 Å². The van der Waals surface area contributed by atoms with Crippen molar-refractivity contribution >= 4 is 23.7 Å². The summed E-state index contributed by atoms with van der Waals surface area (Å²) in [5, 5.41) is 15.6. The van der Waals surface area contributed by atoms with E-state index in [0.29, 0.717) is 12.2 Å². The van der Waals surface area contributed by atoms with E-state index in [-0.39, 0.29) is 0 Å². The number of rotatable bonds is 6. The molecule has 5 nitrogen and oxygen atoms in total. The third-order valence-electron chi connectivity index (χ3n) is 4.15.